The van der Waals surface area contributed by atoms with E-state index in [-0.39, 0.29) is 11.3 Å². The van der Waals surface area contributed by atoms with Gasteiger partial charge in [0.15, 0.2) is 0 Å². The minimum Gasteiger partial charge on any atom is -0.316 e. The first-order valence-electron chi connectivity index (χ1n) is 9.36. The lowest BCUT2D eigenvalue weighted by molar-refractivity contribution is -0.137. The molecule has 0 aromatic heterocycles. The lowest BCUT2D eigenvalue weighted by Crippen LogP contribution is -2.49. The normalized spacial score (nSPS) is 17.3. The van der Waals surface area contributed by atoms with Gasteiger partial charge in [-0.05, 0) is 37.3 Å². The summed E-state index contributed by atoms with van der Waals surface area (Å²) >= 11 is 0. The Morgan fingerprint density at radius 3 is 2.26 bits per heavy atom. The average Bonchev–Trinajstić information content (AvgIpc) is 2.74. The van der Waals surface area contributed by atoms with E-state index in [4.69, 9.17) is 0 Å². The number of amides is 3. The van der Waals surface area contributed by atoms with Gasteiger partial charge in [-0.25, -0.2) is 9.18 Å². The molecular weight excluding hydrogens is 414 g/mol. The van der Waals surface area contributed by atoms with Crippen LogP contribution in [0.4, 0.5) is 28.0 Å². The van der Waals surface area contributed by atoms with Gasteiger partial charge in [0.05, 0.1) is 17.2 Å². The summed E-state index contributed by atoms with van der Waals surface area (Å²) in [6.07, 6.45) is -4.71. The third-order valence-corrected chi connectivity index (χ3v) is 5.44. The minimum atomic E-state index is -4.71. The van der Waals surface area contributed by atoms with E-state index in [1.807, 2.05) is 0 Å². The van der Waals surface area contributed by atoms with Crippen LogP contribution in [0, 0.1) is 5.82 Å². The molecule has 2 aromatic rings. The first-order valence-corrected chi connectivity index (χ1v) is 9.36. The van der Waals surface area contributed by atoms with Crippen LogP contribution in [0.25, 0.3) is 0 Å². The average molecular weight is 435 g/mol. The Morgan fingerprint density at radius 1 is 1.06 bits per heavy atom. The first-order chi connectivity index (χ1) is 14.4. The highest BCUT2D eigenvalue weighted by Crippen LogP contribution is 2.40. The van der Waals surface area contributed by atoms with E-state index in [1.54, 1.807) is 30.3 Å². The maximum atomic E-state index is 14.8. The number of hydrogen-bond donors (Lipinski definition) is 0. The predicted molar refractivity (Wildman–Crippen MR) is 108 cm³/mol. The summed E-state index contributed by atoms with van der Waals surface area (Å²) in [6, 6.07) is 8.69. The molecule has 3 rings (SSSR count). The smallest absolute Gasteiger partial charge is 0.316 e. The number of carbonyl (C=O) groups excluding carboxylic acids is 2. The van der Waals surface area contributed by atoms with Crippen LogP contribution in [0.15, 0.2) is 59.8 Å². The molecule has 164 valence electrons. The fourth-order valence-corrected chi connectivity index (χ4v) is 3.58. The van der Waals surface area contributed by atoms with Crippen molar-refractivity contribution in [3.63, 3.8) is 0 Å². The maximum Gasteiger partial charge on any atom is 0.416 e. The second-order valence-corrected chi connectivity index (χ2v) is 7.29. The zero-order valence-electron chi connectivity index (χ0n) is 17.4. The molecule has 0 spiro atoms. The van der Waals surface area contributed by atoms with Crippen molar-refractivity contribution >= 4 is 17.6 Å². The van der Waals surface area contributed by atoms with Crippen LogP contribution in [0.1, 0.15) is 24.1 Å². The van der Waals surface area contributed by atoms with E-state index in [0.717, 1.165) is 4.90 Å². The number of rotatable bonds is 3. The van der Waals surface area contributed by atoms with Gasteiger partial charge < -0.3 is 14.7 Å². The number of anilines is 1. The Balaban J connectivity index is 2.20. The van der Waals surface area contributed by atoms with E-state index in [9.17, 15) is 27.2 Å². The van der Waals surface area contributed by atoms with Crippen LogP contribution in [0.5, 0.6) is 0 Å². The first kappa shape index (κ1) is 22.3. The zero-order chi connectivity index (χ0) is 23.1. The van der Waals surface area contributed by atoms with Gasteiger partial charge in [-0.15, -0.1) is 0 Å². The summed E-state index contributed by atoms with van der Waals surface area (Å²) < 4.78 is 54.6. The summed E-state index contributed by atoms with van der Waals surface area (Å²) in [6.45, 7) is 1.51. The molecule has 0 N–H and O–H groups in total. The quantitative estimate of drug-likeness (QED) is 0.649. The van der Waals surface area contributed by atoms with Gasteiger partial charge in [0, 0.05) is 38.1 Å². The third-order valence-electron chi connectivity index (χ3n) is 5.44. The molecule has 0 saturated carbocycles. The van der Waals surface area contributed by atoms with Gasteiger partial charge in [0.2, 0.25) is 0 Å². The van der Waals surface area contributed by atoms with Crippen molar-refractivity contribution in [2.24, 2.45) is 0 Å². The minimum absolute atomic E-state index is 0.00850. The molecule has 31 heavy (non-hydrogen) atoms. The summed E-state index contributed by atoms with van der Waals surface area (Å²) in [4.78, 5) is 29.7. The van der Waals surface area contributed by atoms with Crippen LogP contribution < -0.4 is 4.90 Å². The van der Waals surface area contributed by atoms with Crippen LogP contribution in [0.3, 0.4) is 0 Å². The zero-order valence-corrected chi connectivity index (χ0v) is 17.4. The van der Waals surface area contributed by atoms with Crippen molar-refractivity contribution in [1.82, 2.24) is 9.80 Å². The maximum absolute atomic E-state index is 14.8. The predicted octanol–water partition coefficient (Wildman–Crippen LogP) is 4.82. The molecular formula is C22H21F4N3O2. The number of halogens is 4. The summed E-state index contributed by atoms with van der Waals surface area (Å²) in [5.74, 6) is -1.50. The third kappa shape index (κ3) is 3.99. The molecule has 5 nitrogen and oxygen atoms in total. The molecule has 1 heterocycles. The molecule has 0 aliphatic carbocycles. The number of para-hydroxylation sites is 1. The van der Waals surface area contributed by atoms with Crippen LogP contribution in [-0.2, 0) is 11.0 Å². The van der Waals surface area contributed by atoms with Crippen molar-refractivity contribution < 1.29 is 27.2 Å². The Morgan fingerprint density at radius 2 is 1.68 bits per heavy atom. The molecule has 1 atom stereocenters. The number of nitrogens with zero attached hydrogens (tertiary/aromatic N) is 3. The van der Waals surface area contributed by atoms with Gasteiger partial charge in [0.1, 0.15) is 5.82 Å². The topological polar surface area (TPSA) is 43.9 Å². The van der Waals surface area contributed by atoms with Gasteiger partial charge in [0.25, 0.3) is 5.91 Å². The van der Waals surface area contributed by atoms with Crippen LogP contribution in [-0.4, -0.2) is 42.9 Å². The Hall–Kier alpha value is -3.36. The summed E-state index contributed by atoms with van der Waals surface area (Å²) in [5.41, 5.74) is -0.683. The number of allylic oxidation sites excluding steroid dienone is 1. The Kier molecular flexibility index (Phi) is 5.80. The summed E-state index contributed by atoms with van der Waals surface area (Å²) in [7, 11) is 4.28. The summed E-state index contributed by atoms with van der Waals surface area (Å²) in [5, 5.41) is 0. The largest absolute Gasteiger partial charge is 0.416 e. The van der Waals surface area contributed by atoms with E-state index < -0.39 is 41.1 Å². The van der Waals surface area contributed by atoms with Crippen molar-refractivity contribution in [3.05, 3.63) is 76.7 Å². The lowest BCUT2D eigenvalue weighted by atomic mass is 9.91. The van der Waals surface area contributed by atoms with Crippen molar-refractivity contribution in [2.45, 2.75) is 19.1 Å². The van der Waals surface area contributed by atoms with Gasteiger partial charge in [-0.1, -0.05) is 18.2 Å². The Bertz CT molecular complexity index is 1050. The van der Waals surface area contributed by atoms with Crippen molar-refractivity contribution in [2.75, 3.05) is 26.0 Å². The monoisotopic (exact) mass is 435 g/mol. The van der Waals surface area contributed by atoms with Crippen molar-refractivity contribution in [1.29, 1.82) is 0 Å². The van der Waals surface area contributed by atoms with Gasteiger partial charge >= 0.3 is 12.2 Å². The number of benzene rings is 2. The molecule has 0 radical (unpaired) electrons. The lowest BCUT2D eigenvalue weighted by Gasteiger charge is -2.41. The second-order valence-electron chi connectivity index (χ2n) is 7.29. The number of alkyl halides is 3. The van der Waals surface area contributed by atoms with Gasteiger partial charge in [-0.3, -0.25) is 4.79 Å². The highest BCUT2D eigenvalue weighted by Gasteiger charge is 2.42. The highest BCUT2D eigenvalue weighted by atomic mass is 19.4. The molecule has 1 unspecified atom stereocenters. The molecule has 3 amide bonds. The molecule has 1 aliphatic rings. The standard InChI is InChI=1S/C22H21F4N3O2/c1-13-18(20(30)28(3)15-8-6-5-7-9-15)19(29(4)21(31)27(13)2)16-12-14(22(24,25)26)10-11-17(16)23/h5-12,19H,1-4H3. The molecule has 9 heteroatoms. The van der Waals surface area contributed by atoms with Gasteiger partial charge in [-0.2, -0.15) is 13.2 Å². The van der Waals surface area contributed by atoms with E-state index in [1.165, 1.54) is 37.9 Å². The van der Waals surface area contributed by atoms with Crippen molar-refractivity contribution in [3.8, 4) is 0 Å². The van der Waals surface area contributed by atoms with E-state index in [2.05, 4.69) is 0 Å². The second kappa shape index (κ2) is 8.05. The molecule has 2 aromatic carbocycles. The highest BCUT2D eigenvalue weighted by molar-refractivity contribution is 6.08. The Labute approximate surface area is 177 Å². The van der Waals surface area contributed by atoms with E-state index in [0.29, 0.717) is 23.9 Å². The number of hydrogen-bond acceptors (Lipinski definition) is 2. The number of carbonyl (C=O) groups is 2. The molecule has 0 saturated heterocycles. The van der Waals surface area contributed by atoms with Crippen LogP contribution in [0.2, 0.25) is 0 Å². The fourth-order valence-electron chi connectivity index (χ4n) is 3.58. The van der Waals surface area contributed by atoms with Crippen LogP contribution >= 0.6 is 0 Å². The van der Waals surface area contributed by atoms with E-state index >= 15 is 0 Å². The SMILES string of the molecule is CC1=C(C(=O)N(C)c2ccccc2)C(c2cc(C(F)(F)F)ccc2F)N(C)C(=O)N1C. The number of urea groups is 1. The number of likely N-dealkylation sites (N-methyl/N-ethyl adjacent to an activating group) is 2. The molecule has 1 aliphatic heterocycles. The molecule has 0 fully saturated rings. The fraction of sp³-hybridized carbons (Fsp3) is 0.273. The molecule has 0 bridgehead atoms.